The Bertz CT molecular complexity index is 583. The number of aromatic nitrogens is 1. The Morgan fingerprint density at radius 2 is 2.15 bits per heavy atom. The number of hydrogen-bond donors (Lipinski definition) is 1. The molecule has 0 saturated heterocycles. The van der Waals surface area contributed by atoms with Crippen molar-refractivity contribution in [1.29, 1.82) is 0 Å². The first-order valence-corrected chi connectivity index (χ1v) is 7.15. The molecule has 3 heteroatoms. The molecule has 1 unspecified atom stereocenters. The van der Waals surface area contributed by atoms with E-state index in [-0.39, 0.29) is 0 Å². The van der Waals surface area contributed by atoms with E-state index in [0.29, 0.717) is 12.6 Å². The summed E-state index contributed by atoms with van der Waals surface area (Å²) in [6.45, 7) is 0.630. The fourth-order valence-corrected chi connectivity index (χ4v) is 2.88. The molecule has 1 aliphatic rings. The Balaban J connectivity index is 1.86. The Kier molecular flexibility index (Phi) is 3.97. The molecule has 0 saturated carbocycles. The molecule has 0 spiro atoms. The summed E-state index contributed by atoms with van der Waals surface area (Å²) in [6.07, 6.45) is 5.37. The average Bonchev–Trinajstić information content (AvgIpc) is 2.50. The van der Waals surface area contributed by atoms with Crippen LogP contribution >= 0.6 is 0 Å². The van der Waals surface area contributed by atoms with Gasteiger partial charge in [-0.15, -0.1) is 0 Å². The molecule has 0 aliphatic heterocycles. The lowest BCUT2D eigenvalue weighted by Gasteiger charge is -2.27. The fraction of sp³-hybridized carbons (Fsp3) is 0.353. The van der Waals surface area contributed by atoms with Crippen LogP contribution in [-0.2, 0) is 17.8 Å². The SMILES string of the molecule is COCc1ccccc1NC1CCCc2cccnc21. The lowest BCUT2D eigenvalue weighted by atomic mass is 9.91. The minimum atomic E-state index is 0.304. The van der Waals surface area contributed by atoms with Crippen LogP contribution in [0.4, 0.5) is 5.69 Å². The van der Waals surface area contributed by atoms with Crippen molar-refractivity contribution in [3.63, 3.8) is 0 Å². The zero-order valence-corrected chi connectivity index (χ0v) is 11.8. The number of fused-ring (bicyclic) bond motifs is 1. The first-order valence-electron chi connectivity index (χ1n) is 7.15. The number of ether oxygens (including phenoxy) is 1. The van der Waals surface area contributed by atoms with Gasteiger partial charge in [-0.05, 0) is 37.0 Å². The summed E-state index contributed by atoms with van der Waals surface area (Å²) < 4.78 is 5.27. The van der Waals surface area contributed by atoms with E-state index in [1.807, 2.05) is 18.3 Å². The maximum atomic E-state index is 5.27. The van der Waals surface area contributed by atoms with Crippen LogP contribution in [0.5, 0.6) is 0 Å². The highest BCUT2D eigenvalue weighted by molar-refractivity contribution is 5.52. The number of anilines is 1. The van der Waals surface area contributed by atoms with E-state index in [0.717, 1.165) is 18.5 Å². The second-order valence-corrected chi connectivity index (χ2v) is 5.23. The summed E-state index contributed by atoms with van der Waals surface area (Å²) >= 11 is 0. The number of nitrogens with zero attached hydrogens (tertiary/aromatic N) is 1. The number of methoxy groups -OCH3 is 1. The molecule has 3 nitrogen and oxygen atoms in total. The van der Waals surface area contributed by atoms with Gasteiger partial charge in [-0.25, -0.2) is 0 Å². The molecule has 20 heavy (non-hydrogen) atoms. The van der Waals surface area contributed by atoms with Gasteiger partial charge in [-0.1, -0.05) is 24.3 Å². The third-order valence-corrected chi connectivity index (χ3v) is 3.84. The largest absolute Gasteiger partial charge is 0.380 e. The zero-order chi connectivity index (χ0) is 13.8. The molecule has 0 bridgehead atoms. The molecule has 1 atom stereocenters. The van der Waals surface area contributed by atoms with Crippen molar-refractivity contribution in [2.24, 2.45) is 0 Å². The van der Waals surface area contributed by atoms with E-state index in [9.17, 15) is 0 Å². The normalized spacial score (nSPS) is 17.6. The standard InChI is InChI=1S/C17H20N2O/c1-20-12-14-6-2-3-9-15(14)19-16-10-4-7-13-8-5-11-18-17(13)16/h2-3,5-6,8-9,11,16,19H,4,7,10,12H2,1H3. The molecule has 2 aromatic rings. The summed E-state index contributed by atoms with van der Waals surface area (Å²) in [5, 5.41) is 3.65. The minimum Gasteiger partial charge on any atom is -0.380 e. The number of nitrogens with one attached hydrogen (secondary N) is 1. The van der Waals surface area contributed by atoms with Gasteiger partial charge in [0.05, 0.1) is 18.3 Å². The van der Waals surface area contributed by atoms with Crippen molar-refractivity contribution in [3.8, 4) is 0 Å². The van der Waals surface area contributed by atoms with Gasteiger partial charge < -0.3 is 10.1 Å². The van der Waals surface area contributed by atoms with Crippen LogP contribution in [0.3, 0.4) is 0 Å². The van der Waals surface area contributed by atoms with Gasteiger partial charge in [-0.2, -0.15) is 0 Å². The molecule has 1 N–H and O–H groups in total. The zero-order valence-electron chi connectivity index (χ0n) is 11.8. The van der Waals surface area contributed by atoms with Crippen LogP contribution in [0.2, 0.25) is 0 Å². The van der Waals surface area contributed by atoms with Crippen LogP contribution in [0.25, 0.3) is 0 Å². The molecular weight excluding hydrogens is 248 g/mol. The van der Waals surface area contributed by atoms with Gasteiger partial charge in [0.2, 0.25) is 0 Å². The first kappa shape index (κ1) is 13.1. The van der Waals surface area contributed by atoms with Gasteiger partial charge in [0.1, 0.15) is 0 Å². The molecule has 1 aromatic heterocycles. The first-order chi connectivity index (χ1) is 9.88. The molecule has 1 heterocycles. The second-order valence-electron chi connectivity index (χ2n) is 5.23. The van der Waals surface area contributed by atoms with E-state index in [4.69, 9.17) is 4.74 Å². The second kappa shape index (κ2) is 6.06. The molecule has 0 radical (unpaired) electrons. The summed E-state index contributed by atoms with van der Waals surface area (Å²) in [5.41, 5.74) is 4.92. The van der Waals surface area contributed by atoms with Crippen LogP contribution in [0.15, 0.2) is 42.6 Å². The maximum absolute atomic E-state index is 5.27. The lowest BCUT2D eigenvalue weighted by molar-refractivity contribution is 0.185. The van der Waals surface area contributed by atoms with Gasteiger partial charge in [0.15, 0.2) is 0 Å². The van der Waals surface area contributed by atoms with E-state index in [2.05, 4.69) is 34.6 Å². The third kappa shape index (κ3) is 2.68. The van der Waals surface area contributed by atoms with Gasteiger partial charge in [0, 0.05) is 24.6 Å². The smallest absolute Gasteiger partial charge is 0.0733 e. The highest BCUT2D eigenvalue weighted by Gasteiger charge is 2.21. The monoisotopic (exact) mass is 268 g/mol. The number of rotatable bonds is 4. The van der Waals surface area contributed by atoms with E-state index < -0.39 is 0 Å². The Morgan fingerprint density at radius 3 is 3.05 bits per heavy atom. The predicted molar refractivity (Wildman–Crippen MR) is 80.7 cm³/mol. The van der Waals surface area contributed by atoms with Gasteiger partial charge in [-0.3, -0.25) is 4.98 Å². The lowest BCUT2D eigenvalue weighted by Crippen LogP contribution is -2.19. The molecule has 0 fully saturated rings. The Morgan fingerprint density at radius 1 is 1.25 bits per heavy atom. The summed E-state index contributed by atoms with van der Waals surface area (Å²) in [6, 6.07) is 12.9. The van der Waals surface area contributed by atoms with Crippen LogP contribution in [0, 0.1) is 0 Å². The van der Waals surface area contributed by atoms with Crippen molar-refractivity contribution in [2.45, 2.75) is 31.9 Å². The third-order valence-electron chi connectivity index (χ3n) is 3.84. The molecular formula is C17H20N2O. The molecule has 3 rings (SSSR count). The number of benzene rings is 1. The fourth-order valence-electron chi connectivity index (χ4n) is 2.88. The summed E-state index contributed by atoms with van der Waals surface area (Å²) in [4.78, 5) is 4.58. The minimum absolute atomic E-state index is 0.304. The quantitative estimate of drug-likeness (QED) is 0.917. The summed E-state index contributed by atoms with van der Waals surface area (Å²) in [7, 11) is 1.73. The summed E-state index contributed by atoms with van der Waals surface area (Å²) in [5.74, 6) is 0. The molecule has 0 amide bonds. The Hall–Kier alpha value is -1.87. The number of pyridine rings is 1. The average molecular weight is 268 g/mol. The van der Waals surface area contributed by atoms with E-state index >= 15 is 0 Å². The topological polar surface area (TPSA) is 34.1 Å². The van der Waals surface area contributed by atoms with Crippen molar-refractivity contribution >= 4 is 5.69 Å². The van der Waals surface area contributed by atoms with Gasteiger partial charge >= 0.3 is 0 Å². The van der Waals surface area contributed by atoms with E-state index in [1.165, 1.54) is 23.2 Å². The van der Waals surface area contributed by atoms with Crippen molar-refractivity contribution in [1.82, 2.24) is 4.98 Å². The molecule has 104 valence electrons. The highest BCUT2D eigenvalue weighted by atomic mass is 16.5. The maximum Gasteiger partial charge on any atom is 0.0733 e. The number of para-hydroxylation sites is 1. The number of aryl methyl sites for hydroxylation is 1. The van der Waals surface area contributed by atoms with Crippen molar-refractivity contribution in [3.05, 3.63) is 59.4 Å². The highest BCUT2D eigenvalue weighted by Crippen LogP contribution is 2.31. The molecule has 1 aromatic carbocycles. The van der Waals surface area contributed by atoms with Gasteiger partial charge in [0.25, 0.3) is 0 Å². The molecule has 1 aliphatic carbocycles. The van der Waals surface area contributed by atoms with Crippen LogP contribution in [0.1, 0.15) is 35.7 Å². The van der Waals surface area contributed by atoms with Crippen molar-refractivity contribution < 1.29 is 4.74 Å². The van der Waals surface area contributed by atoms with Crippen LogP contribution in [-0.4, -0.2) is 12.1 Å². The van der Waals surface area contributed by atoms with E-state index in [1.54, 1.807) is 7.11 Å². The number of hydrogen-bond acceptors (Lipinski definition) is 3. The van der Waals surface area contributed by atoms with Crippen molar-refractivity contribution in [2.75, 3.05) is 12.4 Å². The Labute approximate surface area is 120 Å². The van der Waals surface area contributed by atoms with Crippen LogP contribution < -0.4 is 5.32 Å². The predicted octanol–water partition coefficient (Wildman–Crippen LogP) is 3.72.